The lowest BCUT2D eigenvalue weighted by Crippen LogP contribution is -2.65. The molecule has 1 amide bonds. The first-order chi connectivity index (χ1) is 11.2. The molecular formula is C20H41N3O. The number of hydrogen-bond acceptors (Lipinski definition) is 3. The molecule has 4 heteroatoms. The molecule has 3 N–H and O–H groups in total. The summed E-state index contributed by atoms with van der Waals surface area (Å²) < 4.78 is 0. The summed E-state index contributed by atoms with van der Waals surface area (Å²) in [6.45, 7) is 12.9. The van der Waals surface area contributed by atoms with Crippen molar-refractivity contribution in [3.8, 4) is 0 Å². The zero-order valence-corrected chi connectivity index (χ0v) is 16.8. The van der Waals surface area contributed by atoms with E-state index < -0.39 is 0 Å². The van der Waals surface area contributed by atoms with Crippen molar-refractivity contribution < 1.29 is 4.79 Å². The smallest absolute Gasteiger partial charge is 0.220 e. The van der Waals surface area contributed by atoms with Crippen LogP contribution in [0.25, 0.3) is 0 Å². The Morgan fingerprint density at radius 1 is 1.04 bits per heavy atom. The van der Waals surface area contributed by atoms with Crippen LogP contribution >= 0.6 is 0 Å². The number of nitrogens with zero attached hydrogens (tertiary/aromatic N) is 1. The monoisotopic (exact) mass is 339 g/mol. The predicted molar refractivity (Wildman–Crippen MR) is 103 cm³/mol. The Morgan fingerprint density at radius 3 is 2.12 bits per heavy atom. The molecule has 0 spiro atoms. The van der Waals surface area contributed by atoms with Crippen LogP contribution in [0.2, 0.25) is 0 Å². The van der Waals surface area contributed by atoms with Gasteiger partial charge in [0.15, 0.2) is 0 Å². The molecule has 4 nitrogen and oxygen atoms in total. The van der Waals surface area contributed by atoms with Crippen LogP contribution in [0.15, 0.2) is 0 Å². The van der Waals surface area contributed by atoms with E-state index in [9.17, 15) is 4.79 Å². The van der Waals surface area contributed by atoms with Gasteiger partial charge in [0.2, 0.25) is 5.91 Å². The van der Waals surface area contributed by atoms with E-state index in [0.29, 0.717) is 13.0 Å². The van der Waals surface area contributed by atoms with E-state index in [0.717, 1.165) is 25.8 Å². The van der Waals surface area contributed by atoms with Gasteiger partial charge < -0.3 is 11.1 Å². The largest absolute Gasteiger partial charge is 0.353 e. The SMILES string of the molecule is CCCCCCCCC(=O)NC1CC(C)(C)N(CCN)C(C)(C)C1. The summed E-state index contributed by atoms with van der Waals surface area (Å²) in [7, 11) is 0. The van der Waals surface area contributed by atoms with E-state index in [2.05, 4.69) is 44.8 Å². The Morgan fingerprint density at radius 2 is 1.58 bits per heavy atom. The fourth-order valence-corrected chi connectivity index (χ4v) is 4.52. The topological polar surface area (TPSA) is 58.4 Å². The van der Waals surface area contributed by atoms with Crippen LogP contribution in [0, 0.1) is 0 Å². The van der Waals surface area contributed by atoms with Crippen molar-refractivity contribution in [2.75, 3.05) is 13.1 Å². The normalized spacial score (nSPS) is 20.9. The van der Waals surface area contributed by atoms with Crippen LogP contribution < -0.4 is 11.1 Å². The molecule has 1 saturated heterocycles. The molecule has 0 bridgehead atoms. The van der Waals surface area contributed by atoms with Gasteiger partial charge >= 0.3 is 0 Å². The van der Waals surface area contributed by atoms with Crippen LogP contribution in [0.5, 0.6) is 0 Å². The number of unbranched alkanes of at least 4 members (excludes halogenated alkanes) is 5. The molecule has 0 atom stereocenters. The minimum Gasteiger partial charge on any atom is -0.353 e. The summed E-state index contributed by atoms with van der Waals surface area (Å²) in [6.07, 6.45) is 10.0. The van der Waals surface area contributed by atoms with E-state index in [-0.39, 0.29) is 23.0 Å². The van der Waals surface area contributed by atoms with Crippen molar-refractivity contribution in [2.45, 2.75) is 110 Å². The zero-order valence-electron chi connectivity index (χ0n) is 16.8. The van der Waals surface area contributed by atoms with Gasteiger partial charge in [0.1, 0.15) is 0 Å². The summed E-state index contributed by atoms with van der Waals surface area (Å²) in [4.78, 5) is 14.8. The number of hydrogen-bond donors (Lipinski definition) is 2. The molecule has 1 rings (SSSR count). The molecule has 1 aliphatic rings. The number of amides is 1. The first-order valence-corrected chi connectivity index (χ1v) is 10.00. The van der Waals surface area contributed by atoms with Gasteiger partial charge in [-0.15, -0.1) is 0 Å². The lowest BCUT2D eigenvalue weighted by atomic mass is 9.77. The third-order valence-electron chi connectivity index (χ3n) is 5.43. The first kappa shape index (κ1) is 21.4. The standard InChI is InChI=1S/C20H41N3O/c1-6-7-8-9-10-11-12-18(24)22-17-15-19(2,3)23(14-13-21)20(4,5)16-17/h17H,6-16,21H2,1-5H3,(H,22,24). The lowest BCUT2D eigenvalue weighted by Gasteiger charge is -2.55. The average molecular weight is 340 g/mol. The second-order valence-corrected chi connectivity index (χ2v) is 8.76. The molecule has 142 valence electrons. The molecule has 0 aromatic rings. The zero-order chi connectivity index (χ0) is 18.2. The van der Waals surface area contributed by atoms with Crippen LogP contribution in [-0.2, 0) is 4.79 Å². The molecule has 0 radical (unpaired) electrons. The van der Waals surface area contributed by atoms with Crippen LogP contribution in [0.1, 0.15) is 92.4 Å². The number of likely N-dealkylation sites (tertiary alicyclic amines) is 1. The summed E-state index contributed by atoms with van der Waals surface area (Å²) in [5.41, 5.74) is 5.94. The van der Waals surface area contributed by atoms with Crippen molar-refractivity contribution in [2.24, 2.45) is 5.73 Å². The molecule has 1 heterocycles. The quantitative estimate of drug-likeness (QED) is 0.595. The Labute approximate surface area is 149 Å². The fraction of sp³-hybridized carbons (Fsp3) is 0.950. The maximum Gasteiger partial charge on any atom is 0.220 e. The molecule has 0 aliphatic carbocycles. The van der Waals surface area contributed by atoms with E-state index in [1.807, 2.05) is 0 Å². The van der Waals surface area contributed by atoms with E-state index in [4.69, 9.17) is 5.73 Å². The van der Waals surface area contributed by atoms with Crippen LogP contribution in [0.3, 0.4) is 0 Å². The van der Waals surface area contributed by atoms with Gasteiger partial charge in [-0.3, -0.25) is 9.69 Å². The van der Waals surface area contributed by atoms with Crippen molar-refractivity contribution in [1.82, 2.24) is 10.2 Å². The van der Waals surface area contributed by atoms with E-state index >= 15 is 0 Å². The third kappa shape index (κ3) is 6.72. The van der Waals surface area contributed by atoms with Gasteiger partial charge in [0.05, 0.1) is 0 Å². The van der Waals surface area contributed by atoms with Crippen LogP contribution in [0.4, 0.5) is 0 Å². The molecule has 1 aliphatic heterocycles. The average Bonchev–Trinajstić information content (AvgIpc) is 2.45. The van der Waals surface area contributed by atoms with Gasteiger partial charge in [-0.05, 0) is 47.0 Å². The Balaban J connectivity index is 2.41. The van der Waals surface area contributed by atoms with Crippen LogP contribution in [-0.4, -0.2) is 41.0 Å². The summed E-state index contributed by atoms with van der Waals surface area (Å²) in [5.74, 6) is 0.231. The first-order valence-electron chi connectivity index (χ1n) is 10.00. The van der Waals surface area contributed by atoms with Crippen molar-refractivity contribution >= 4 is 5.91 Å². The maximum atomic E-state index is 12.3. The fourth-order valence-electron chi connectivity index (χ4n) is 4.52. The highest BCUT2D eigenvalue weighted by atomic mass is 16.1. The highest BCUT2D eigenvalue weighted by Crippen LogP contribution is 2.38. The molecule has 0 unspecified atom stereocenters. The number of rotatable bonds is 10. The Bertz CT molecular complexity index is 361. The minimum absolute atomic E-state index is 0.0687. The second kappa shape index (κ2) is 9.76. The van der Waals surface area contributed by atoms with E-state index in [1.54, 1.807) is 0 Å². The van der Waals surface area contributed by atoms with E-state index in [1.165, 1.54) is 32.1 Å². The number of nitrogens with one attached hydrogen (secondary N) is 1. The maximum absolute atomic E-state index is 12.3. The number of carbonyl (C=O) groups excluding carboxylic acids is 1. The Kier molecular flexibility index (Phi) is 8.72. The van der Waals surface area contributed by atoms with Gasteiger partial charge in [-0.1, -0.05) is 39.0 Å². The highest BCUT2D eigenvalue weighted by Gasteiger charge is 2.44. The van der Waals surface area contributed by atoms with Gasteiger partial charge in [0.25, 0.3) is 0 Å². The summed E-state index contributed by atoms with van der Waals surface area (Å²) >= 11 is 0. The molecule has 0 saturated carbocycles. The molecule has 0 aromatic carbocycles. The molecular weight excluding hydrogens is 298 g/mol. The van der Waals surface area contributed by atoms with Gasteiger partial charge in [-0.2, -0.15) is 0 Å². The Hall–Kier alpha value is -0.610. The second-order valence-electron chi connectivity index (χ2n) is 8.76. The molecule has 24 heavy (non-hydrogen) atoms. The number of piperidine rings is 1. The minimum atomic E-state index is 0.0687. The summed E-state index contributed by atoms with van der Waals surface area (Å²) in [5, 5.41) is 3.30. The number of carbonyl (C=O) groups is 1. The highest BCUT2D eigenvalue weighted by molar-refractivity contribution is 5.76. The molecule has 1 fully saturated rings. The molecule has 0 aromatic heterocycles. The summed E-state index contributed by atoms with van der Waals surface area (Å²) in [6, 6.07) is 0.275. The predicted octanol–water partition coefficient (Wildman–Crippen LogP) is 3.83. The van der Waals surface area contributed by atoms with Gasteiger partial charge in [0, 0.05) is 36.6 Å². The third-order valence-corrected chi connectivity index (χ3v) is 5.43. The van der Waals surface area contributed by atoms with Crippen molar-refractivity contribution in [3.05, 3.63) is 0 Å². The van der Waals surface area contributed by atoms with Crippen molar-refractivity contribution in [1.29, 1.82) is 0 Å². The van der Waals surface area contributed by atoms with Gasteiger partial charge in [-0.25, -0.2) is 0 Å². The number of nitrogens with two attached hydrogens (primary N) is 1. The lowest BCUT2D eigenvalue weighted by molar-refractivity contribution is -0.123. The van der Waals surface area contributed by atoms with Crippen molar-refractivity contribution in [3.63, 3.8) is 0 Å².